The van der Waals surface area contributed by atoms with E-state index in [0.717, 1.165) is 11.3 Å². The van der Waals surface area contributed by atoms with E-state index in [1.165, 1.54) is 11.8 Å². The van der Waals surface area contributed by atoms with Gasteiger partial charge in [-0.25, -0.2) is 8.42 Å². The van der Waals surface area contributed by atoms with E-state index in [-0.39, 0.29) is 10.6 Å². The van der Waals surface area contributed by atoms with Crippen molar-refractivity contribution >= 4 is 33.2 Å². The van der Waals surface area contributed by atoms with Crippen LogP contribution in [0.1, 0.15) is 11.4 Å². The summed E-state index contributed by atoms with van der Waals surface area (Å²) in [5, 5.41) is 9.80. The zero-order valence-corrected chi connectivity index (χ0v) is 18.2. The topological polar surface area (TPSA) is 64.8 Å². The molecule has 152 valence electrons. The van der Waals surface area contributed by atoms with Gasteiger partial charge in [-0.3, -0.25) is 4.57 Å². The monoisotopic (exact) mass is 455 g/mol. The van der Waals surface area contributed by atoms with Crippen molar-refractivity contribution in [2.24, 2.45) is 0 Å². The van der Waals surface area contributed by atoms with Crippen LogP contribution in [0.25, 0.3) is 5.69 Å². The summed E-state index contributed by atoms with van der Waals surface area (Å²) in [6.07, 6.45) is 0. The Balaban J connectivity index is 1.67. The molecule has 0 aliphatic rings. The van der Waals surface area contributed by atoms with E-state index in [0.29, 0.717) is 21.8 Å². The van der Waals surface area contributed by atoms with Crippen molar-refractivity contribution in [3.05, 3.63) is 101 Å². The molecule has 0 radical (unpaired) electrons. The van der Waals surface area contributed by atoms with Crippen LogP contribution in [0.5, 0.6) is 0 Å². The fraction of sp³-hybridized carbons (Fsp3) is 0.0909. The molecule has 0 bridgehead atoms. The second-order valence-corrected chi connectivity index (χ2v) is 9.93. The van der Waals surface area contributed by atoms with Gasteiger partial charge in [0.15, 0.2) is 20.8 Å². The molecule has 0 aliphatic heterocycles. The highest BCUT2D eigenvalue weighted by Crippen LogP contribution is 2.27. The van der Waals surface area contributed by atoms with E-state index in [9.17, 15) is 8.42 Å². The van der Waals surface area contributed by atoms with Gasteiger partial charge in [0.25, 0.3) is 0 Å². The van der Waals surface area contributed by atoms with Gasteiger partial charge in [0.2, 0.25) is 0 Å². The Hall–Kier alpha value is -2.61. The number of rotatable bonds is 7. The number of benzene rings is 3. The number of nitrogens with zero attached hydrogens (tertiary/aromatic N) is 3. The van der Waals surface area contributed by atoms with E-state index < -0.39 is 9.84 Å². The smallest absolute Gasteiger partial charge is 0.196 e. The highest BCUT2D eigenvalue weighted by molar-refractivity contribution is 7.98. The third kappa shape index (κ3) is 4.75. The molecular weight excluding hydrogens is 438 g/mol. The molecule has 0 saturated carbocycles. The van der Waals surface area contributed by atoms with Gasteiger partial charge >= 0.3 is 0 Å². The van der Waals surface area contributed by atoms with E-state index in [1.54, 1.807) is 34.9 Å². The molecule has 30 heavy (non-hydrogen) atoms. The molecule has 8 heteroatoms. The number of aromatic nitrogens is 3. The van der Waals surface area contributed by atoms with Gasteiger partial charge in [0.05, 0.1) is 4.90 Å². The van der Waals surface area contributed by atoms with Gasteiger partial charge in [-0.15, -0.1) is 10.2 Å². The van der Waals surface area contributed by atoms with Crippen molar-refractivity contribution in [1.82, 2.24) is 14.8 Å². The maximum Gasteiger partial charge on any atom is 0.196 e. The van der Waals surface area contributed by atoms with Crippen molar-refractivity contribution in [2.45, 2.75) is 21.6 Å². The Kier molecular flexibility index (Phi) is 6.22. The summed E-state index contributed by atoms with van der Waals surface area (Å²) in [6.45, 7) is 0. The van der Waals surface area contributed by atoms with E-state index in [1.807, 2.05) is 54.6 Å². The lowest BCUT2D eigenvalue weighted by Crippen LogP contribution is -2.11. The van der Waals surface area contributed by atoms with Gasteiger partial charge in [-0.05, 0) is 42.0 Å². The van der Waals surface area contributed by atoms with Crippen molar-refractivity contribution in [3.63, 3.8) is 0 Å². The van der Waals surface area contributed by atoms with E-state index in [2.05, 4.69) is 10.2 Å². The second-order valence-electron chi connectivity index (χ2n) is 6.56. The molecule has 0 aliphatic carbocycles. The molecule has 0 amide bonds. The van der Waals surface area contributed by atoms with Crippen LogP contribution in [0.3, 0.4) is 0 Å². The number of hydrogen-bond donors (Lipinski definition) is 0. The van der Waals surface area contributed by atoms with Gasteiger partial charge in [0, 0.05) is 16.5 Å². The van der Waals surface area contributed by atoms with Crippen molar-refractivity contribution < 1.29 is 8.42 Å². The number of para-hydroxylation sites is 1. The standard InChI is InChI=1S/C22H18ClN3O2S2/c23-18-9-7-8-17(14-18)15-29-22-25-24-21(26(22)19-10-3-1-4-11-19)16-30(27,28)20-12-5-2-6-13-20/h1-14H,15-16H2. The SMILES string of the molecule is O=S(=O)(Cc1nnc(SCc2cccc(Cl)c2)n1-c1ccccc1)c1ccccc1. The molecule has 0 spiro atoms. The Bertz CT molecular complexity index is 1240. The number of sulfone groups is 1. The lowest BCUT2D eigenvalue weighted by atomic mass is 10.2. The highest BCUT2D eigenvalue weighted by Gasteiger charge is 2.22. The summed E-state index contributed by atoms with van der Waals surface area (Å²) in [7, 11) is -3.55. The minimum atomic E-state index is -3.55. The second kappa shape index (κ2) is 9.04. The van der Waals surface area contributed by atoms with Crippen LogP contribution < -0.4 is 0 Å². The molecular formula is C22H18ClN3O2S2. The Morgan fingerprint density at radius 1 is 0.867 bits per heavy atom. The molecule has 4 aromatic rings. The first kappa shape index (κ1) is 20.7. The van der Waals surface area contributed by atoms with Crippen molar-refractivity contribution in [1.29, 1.82) is 0 Å². The third-order valence-electron chi connectivity index (χ3n) is 4.39. The normalized spacial score (nSPS) is 11.5. The molecule has 0 saturated heterocycles. The molecule has 0 N–H and O–H groups in total. The lowest BCUT2D eigenvalue weighted by molar-refractivity contribution is 0.593. The van der Waals surface area contributed by atoms with Crippen LogP contribution in [0.2, 0.25) is 5.02 Å². The largest absolute Gasteiger partial charge is 0.273 e. The predicted octanol–water partition coefficient (Wildman–Crippen LogP) is 5.19. The minimum Gasteiger partial charge on any atom is -0.273 e. The van der Waals surface area contributed by atoms with Gasteiger partial charge in [0.1, 0.15) is 5.75 Å². The summed E-state index contributed by atoms with van der Waals surface area (Å²) >= 11 is 7.56. The summed E-state index contributed by atoms with van der Waals surface area (Å²) in [5.41, 5.74) is 1.86. The van der Waals surface area contributed by atoms with E-state index in [4.69, 9.17) is 11.6 Å². The number of hydrogen-bond acceptors (Lipinski definition) is 5. The number of thioether (sulfide) groups is 1. The molecule has 3 aromatic carbocycles. The molecule has 5 nitrogen and oxygen atoms in total. The number of halogens is 1. The van der Waals surface area contributed by atoms with Crippen LogP contribution in [-0.2, 0) is 21.3 Å². The average molecular weight is 456 g/mol. The molecule has 4 rings (SSSR count). The van der Waals surface area contributed by atoms with Crippen LogP contribution >= 0.6 is 23.4 Å². The molecule has 1 aromatic heterocycles. The molecule has 0 unspecified atom stereocenters. The zero-order valence-electron chi connectivity index (χ0n) is 15.8. The first-order valence-corrected chi connectivity index (χ1v) is 12.2. The summed E-state index contributed by atoms with van der Waals surface area (Å²) in [5.74, 6) is 0.770. The molecule has 0 fully saturated rings. The Morgan fingerprint density at radius 3 is 2.27 bits per heavy atom. The molecule has 1 heterocycles. The summed E-state index contributed by atoms with van der Waals surface area (Å²) < 4.78 is 27.6. The van der Waals surface area contributed by atoms with E-state index >= 15 is 0 Å². The predicted molar refractivity (Wildman–Crippen MR) is 120 cm³/mol. The highest BCUT2D eigenvalue weighted by atomic mass is 35.5. The van der Waals surface area contributed by atoms with Crippen LogP contribution in [0, 0.1) is 0 Å². The van der Waals surface area contributed by atoms with Gasteiger partial charge < -0.3 is 0 Å². The summed E-state index contributed by atoms with van der Waals surface area (Å²) in [6, 6.07) is 25.5. The van der Waals surface area contributed by atoms with Crippen LogP contribution in [0.15, 0.2) is 95.0 Å². The minimum absolute atomic E-state index is 0.239. The van der Waals surface area contributed by atoms with Gasteiger partial charge in [-0.2, -0.15) is 0 Å². The average Bonchev–Trinajstić information content (AvgIpc) is 3.15. The fourth-order valence-corrected chi connectivity index (χ4v) is 5.37. The molecule has 0 atom stereocenters. The van der Waals surface area contributed by atoms with Gasteiger partial charge in [-0.1, -0.05) is 71.9 Å². The third-order valence-corrected chi connectivity index (χ3v) is 7.26. The first-order valence-electron chi connectivity index (χ1n) is 9.18. The fourth-order valence-electron chi connectivity index (χ4n) is 2.98. The maximum atomic E-state index is 12.9. The van der Waals surface area contributed by atoms with Crippen molar-refractivity contribution in [2.75, 3.05) is 0 Å². The summed E-state index contributed by atoms with van der Waals surface area (Å²) in [4.78, 5) is 0.265. The maximum absolute atomic E-state index is 12.9. The van der Waals surface area contributed by atoms with Crippen molar-refractivity contribution in [3.8, 4) is 5.69 Å². The lowest BCUT2D eigenvalue weighted by Gasteiger charge is -2.11. The first-order chi connectivity index (χ1) is 14.5. The Labute approximate surface area is 184 Å². The Morgan fingerprint density at radius 2 is 1.57 bits per heavy atom. The van der Waals surface area contributed by atoms with Crippen LogP contribution in [-0.4, -0.2) is 23.2 Å². The van der Waals surface area contributed by atoms with Crippen LogP contribution in [0.4, 0.5) is 0 Å². The zero-order chi connectivity index (χ0) is 21.0. The quantitative estimate of drug-likeness (QED) is 0.359.